The van der Waals surface area contributed by atoms with Gasteiger partial charge in [-0.2, -0.15) is 0 Å². The summed E-state index contributed by atoms with van der Waals surface area (Å²) in [7, 11) is 0. The number of nitrogens with one attached hydrogen (secondary N) is 1. The lowest BCUT2D eigenvalue weighted by Crippen LogP contribution is -2.38. The molecule has 1 aliphatic heterocycles. The summed E-state index contributed by atoms with van der Waals surface area (Å²) in [6.45, 7) is 6.04. The normalized spacial score (nSPS) is 15.8. The number of amides is 1. The number of aromatic nitrogens is 3. The van der Waals surface area contributed by atoms with E-state index in [9.17, 15) is 13.6 Å². The van der Waals surface area contributed by atoms with Crippen molar-refractivity contribution in [2.75, 3.05) is 31.2 Å². The van der Waals surface area contributed by atoms with Crippen LogP contribution in [-0.4, -0.2) is 52.2 Å². The summed E-state index contributed by atoms with van der Waals surface area (Å²) in [5.41, 5.74) is 1.38. The van der Waals surface area contributed by atoms with Gasteiger partial charge in [0.15, 0.2) is 5.16 Å². The third-order valence-electron chi connectivity index (χ3n) is 5.36. The first-order valence-electron chi connectivity index (χ1n) is 10.7. The minimum atomic E-state index is -0.498. The lowest BCUT2D eigenvalue weighted by Gasteiger charge is -2.28. The third-order valence-corrected chi connectivity index (χ3v) is 6.40. The van der Waals surface area contributed by atoms with Crippen molar-refractivity contribution in [2.45, 2.75) is 30.3 Å². The van der Waals surface area contributed by atoms with Gasteiger partial charge in [0.05, 0.1) is 30.2 Å². The number of hydrogen-bond donors (Lipinski definition) is 1. The predicted molar refractivity (Wildman–Crippen MR) is 123 cm³/mol. The minimum Gasteiger partial charge on any atom is -0.378 e. The molecule has 0 saturated carbocycles. The Kier molecular flexibility index (Phi) is 7.24. The van der Waals surface area contributed by atoms with Crippen molar-refractivity contribution in [3.8, 4) is 5.69 Å². The van der Waals surface area contributed by atoms with Gasteiger partial charge >= 0.3 is 0 Å². The minimum absolute atomic E-state index is 0.196. The summed E-state index contributed by atoms with van der Waals surface area (Å²) in [4.78, 5) is 14.9. The van der Waals surface area contributed by atoms with E-state index in [4.69, 9.17) is 4.74 Å². The smallest absolute Gasteiger partial charge is 0.233 e. The zero-order valence-corrected chi connectivity index (χ0v) is 19.2. The number of ether oxygens (including phenoxy) is 1. The van der Waals surface area contributed by atoms with Crippen molar-refractivity contribution >= 4 is 23.6 Å². The Balaban J connectivity index is 1.54. The van der Waals surface area contributed by atoms with Crippen molar-refractivity contribution in [1.82, 2.24) is 20.1 Å². The summed E-state index contributed by atoms with van der Waals surface area (Å²) >= 11 is 1.24. The van der Waals surface area contributed by atoms with Gasteiger partial charge in [0.25, 0.3) is 0 Å². The van der Waals surface area contributed by atoms with Crippen LogP contribution in [0.1, 0.15) is 25.5 Å². The molecule has 1 aliphatic rings. The first-order valence-corrected chi connectivity index (χ1v) is 11.6. The van der Waals surface area contributed by atoms with E-state index in [0.717, 1.165) is 5.56 Å². The number of hydrogen-bond acceptors (Lipinski definition) is 6. The largest absolute Gasteiger partial charge is 0.378 e. The fourth-order valence-electron chi connectivity index (χ4n) is 3.53. The molecule has 33 heavy (non-hydrogen) atoms. The summed E-state index contributed by atoms with van der Waals surface area (Å²) in [5, 5.41) is 11.6. The third kappa shape index (κ3) is 5.51. The molecule has 0 bridgehead atoms. The van der Waals surface area contributed by atoms with E-state index in [2.05, 4.69) is 15.5 Å². The molecule has 3 aromatic rings. The molecule has 0 spiro atoms. The molecule has 2 aromatic carbocycles. The molecule has 1 saturated heterocycles. The zero-order chi connectivity index (χ0) is 23.4. The molecular formula is C23H25F2N5O2S. The average Bonchev–Trinajstić information content (AvgIpc) is 3.23. The second kappa shape index (κ2) is 10.3. The van der Waals surface area contributed by atoms with Crippen molar-refractivity contribution < 1.29 is 18.3 Å². The Morgan fingerprint density at radius 1 is 1.06 bits per heavy atom. The lowest BCUT2D eigenvalue weighted by molar-refractivity contribution is -0.120. The lowest BCUT2D eigenvalue weighted by atomic mass is 10.1. The molecule has 174 valence electrons. The van der Waals surface area contributed by atoms with Crippen LogP contribution in [0.25, 0.3) is 5.69 Å². The topological polar surface area (TPSA) is 72.3 Å². The van der Waals surface area contributed by atoms with E-state index < -0.39 is 5.25 Å². The molecule has 0 unspecified atom stereocenters. The fourth-order valence-corrected chi connectivity index (χ4v) is 4.40. The van der Waals surface area contributed by atoms with Gasteiger partial charge in [-0.25, -0.2) is 8.78 Å². The number of thioether (sulfide) groups is 1. The average molecular weight is 474 g/mol. The highest BCUT2D eigenvalue weighted by Gasteiger charge is 2.25. The van der Waals surface area contributed by atoms with E-state index >= 15 is 0 Å². The quantitative estimate of drug-likeness (QED) is 0.527. The molecule has 1 aromatic heterocycles. The SMILES string of the molecule is C[C@H](Sc1nnc(N2CCOCC2)n1-c1cccc(F)c1)C(=O)N[C@@H](C)c1ccc(F)cc1. The number of morpholine rings is 1. The Morgan fingerprint density at radius 2 is 1.79 bits per heavy atom. The first kappa shape index (κ1) is 23.2. The maximum absolute atomic E-state index is 14.0. The van der Waals surface area contributed by atoms with Crippen molar-refractivity contribution in [3.63, 3.8) is 0 Å². The van der Waals surface area contributed by atoms with Gasteiger partial charge in [-0.3, -0.25) is 9.36 Å². The van der Waals surface area contributed by atoms with Gasteiger partial charge in [0, 0.05) is 13.1 Å². The maximum Gasteiger partial charge on any atom is 0.233 e. The van der Waals surface area contributed by atoms with Gasteiger partial charge < -0.3 is 15.0 Å². The summed E-state index contributed by atoms with van der Waals surface area (Å²) in [5.74, 6) is -0.310. The fraction of sp³-hybridized carbons (Fsp3) is 0.348. The molecule has 1 amide bonds. The van der Waals surface area contributed by atoms with Crippen LogP contribution < -0.4 is 10.2 Å². The van der Waals surface area contributed by atoms with Gasteiger partial charge in [-0.05, 0) is 49.7 Å². The van der Waals surface area contributed by atoms with E-state index in [1.807, 2.05) is 11.8 Å². The molecule has 2 atom stereocenters. The Bertz CT molecular complexity index is 1100. The highest BCUT2D eigenvalue weighted by atomic mass is 32.2. The van der Waals surface area contributed by atoms with Crippen molar-refractivity contribution in [2.24, 2.45) is 0 Å². The van der Waals surface area contributed by atoms with E-state index in [1.165, 1.54) is 36.0 Å². The van der Waals surface area contributed by atoms with Crippen LogP contribution in [0.5, 0.6) is 0 Å². The molecule has 1 N–H and O–H groups in total. The maximum atomic E-state index is 14.0. The van der Waals surface area contributed by atoms with Crippen molar-refractivity contribution in [3.05, 3.63) is 65.7 Å². The second-order valence-electron chi connectivity index (χ2n) is 7.74. The van der Waals surface area contributed by atoms with Crippen LogP contribution in [0.4, 0.5) is 14.7 Å². The van der Waals surface area contributed by atoms with Gasteiger partial charge in [0.1, 0.15) is 11.6 Å². The second-order valence-corrected chi connectivity index (χ2v) is 9.05. The van der Waals surface area contributed by atoms with E-state index in [-0.39, 0.29) is 23.6 Å². The number of carbonyl (C=O) groups is 1. The van der Waals surface area contributed by atoms with Crippen LogP contribution in [0, 0.1) is 11.6 Å². The predicted octanol–water partition coefficient (Wildman–Crippen LogP) is 3.74. The number of benzene rings is 2. The number of carbonyl (C=O) groups excluding carboxylic acids is 1. The monoisotopic (exact) mass is 473 g/mol. The van der Waals surface area contributed by atoms with Crippen molar-refractivity contribution in [1.29, 1.82) is 0 Å². The highest BCUT2D eigenvalue weighted by molar-refractivity contribution is 8.00. The molecule has 0 radical (unpaired) electrons. The van der Waals surface area contributed by atoms with Crippen LogP contribution in [-0.2, 0) is 9.53 Å². The van der Waals surface area contributed by atoms with Crippen LogP contribution in [0.3, 0.4) is 0 Å². The Hall–Kier alpha value is -2.98. The Labute approximate surface area is 195 Å². The molecule has 4 rings (SSSR count). The highest BCUT2D eigenvalue weighted by Crippen LogP contribution is 2.30. The number of rotatable bonds is 7. The van der Waals surface area contributed by atoms with Crippen LogP contribution >= 0.6 is 11.8 Å². The summed E-state index contributed by atoms with van der Waals surface area (Å²) < 4.78 is 34.4. The molecule has 10 heteroatoms. The molecule has 0 aliphatic carbocycles. The first-order chi connectivity index (χ1) is 15.9. The summed E-state index contributed by atoms with van der Waals surface area (Å²) in [6.07, 6.45) is 0. The Morgan fingerprint density at radius 3 is 2.48 bits per heavy atom. The van der Waals surface area contributed by atoms with E-state index in [0.29, 0.717) is 43.1 Å². The number of nitrogens with zero attached hydrogens (tertiary/aromatic N) is 4. The van der Waals surface area contributed by atoms with Gasteiger partial charge in [0.2, 0.25) is 11.9 Å². The molecule has 1 fully saturated rings. The standard InChI is InChI=1S/C23H25F2N5O2S/c1-15(17-6-8-18(24)9-7-17)26-21(31)16(2)33-23-28-27-22(29-10-12-32-13-11-29)30(23)20-5-3-4-19(25)14-20/h3-9,14-16H,10-13H2,1-2H3,(H,26,31)/t15-,16-/m0/s1. The van der Waals surface area contributed by atoms with Gasteiger partial charge in [-0.15, -0.1) is 10.2 Å². The van der Waals surface area contributed by atoms with Crippen LogP contribution in [0.15, 0.2) is 53.7 Å². The number of halogens is 2. The summed E-state index contributed by atoms with van der Waals surface area (Å²) in [6, 6.07) is 11.9. The molecular weight excluding hydrogens is 448 g/mol. The zero-order valence-electron chi connectivity index (χ0n) is 18.4. The molecule has 7 nitrogen and oxygen atoms in total. The number of anilines is 1. The van der Waals surface area contributed by atoms with Gasteiger partial charge in [-0.1, -0.05) is 30.0 Å². The van der Waals surface area contributed by atoms with Crippen LogP contribution in [0.2, 0.25) is 0 Å². The molecule has 2 heterocycles. The van der Waals surface area contributed by atoms with E-state index in [1.54, 1.807) is 35.8 Å².